The van der Waals surface area contributed by atoms with Gasteiger partial charge in [-0.05, 0) is 19.1 Å². The lowest BCUT2D eigenvalue weighted by molar-refractivity contribution is -0.131. The molecule has 15 heavy (non-hydrogen) atoms. The Morgan fingerprint density at radius 3 is 2.80 bits per heavy atom. The van der Waals surface area contributed by atoms with Crippen molar-refractivity contribution in [3.05, 3.63) is 29.6 Å². The molecular weight excluding hydrogens is 196 g/mol. The van der Waals surface area contributed by atoms with Gasteiger partial charge in [0.1, 0.15) is 5.82 Å². The van der Waals surface area contributed by atoms with Crippen molar-refractivity contribution >= 4 is 22.8 Å². The number of ketones is 1. The summed E-state index contributed by atoms with van der Waals surface area (Å²) in [5, 5.41) is 8.61. The SMILES string of the molecule is Cc1nc2c(C(=O)C(=O)O)cccc2[nH]1. The first-order chi connectivity index (χ1) is 7.09. The first-order valence-electron chi connectivity index (χ1n) is 4.32. The van der Waals surface area contributed by atoms with Crippen LogP contribution >= 0.6 is 0 Å². The zero-order valence-electron chi connectivity index (χ0n) is 7.94. The molecule has 2 aromatic rings. The number of nitrogens with one attached hydrogen (secondary N) is 1. The van der Waals surface area contributed by atoms with Crippen molar-refractivity contribution in [1.29, 1.82) is 0 Å². The smallest absolute Gasteiger partial charge is 0.377 e. The molecule has 76 valence electrons. The third-order valence-corrected chi connectivity index (χ3v) is 2.07. The summed E-state index contributed by atoms with van der Waals surface area (Å²) in [6, 6.07) is 4.82. The number of aromatic nitrogens is 2. The van der Waals surface area contributed by atoms with Gasteiger partial charge >= 0.3 is 5.97 Å². The van der Waals surface area contributed by atoms with E-state index in [9.17, 15) is 9.59 Å². The molecule has 0 unspecified atom stereocenters. The summed E-state index contributed by atoms with van der Waals surface area (Å²) >= 11 is 0. The molecule has 0 atom stereocenters. The molecule has 0 bridgehead atoms. The third-order valence-electron chi connectivity index (χ3n) is 2.07. The minimum atomic E-state index is -1.47. The van der Waals surface area contributed by atoms with Gasteiger partial charge in [0.2, 0.25) is 0 Å². The number of aliphatic carboxylic acids is 1. The van der Waals surface area contributed by atoms with Crippen LogP contribution in [-0.2, 0) is 4.79 Å². The number of para-hydroxylation sites is 1. The normalized spacial score (nSPS) is 10.5. The number of H-pyrrole nitrogens is 1. The van der Waals surface area contributed by atoms with E-state index in [4.69, 9.17) is 5.11 Å². The second kappa shape index (κ2) is 3.20. The van der Waals surface area contributed by atoms with E-state index in [1.54, 1.807) is 19.1 Å². The van der Waals surface area contributed by atoms with Crippen molar-refractivity contribution in [3.8, 4) is 0 Å². The van der Waals surface area contributed by atoms with E-state index >= 15 is 0 Å². The number of Topliss-reactive ketones (excluding diaryl/α,β-unsaturated/α-hetero) is 1. The molecule has 5 heteroatoms. The Labute approximate surface area is 84.8 Å². The van der Waals surface area contributed by atoms with Crippen LogP contribution in [0.25, 0.3) is 11.0 Å². The van der Waals surface area contributed by atoms with Crippen molar-refractivity contribution < 1.29 is 14.7 Å². The topological polar surface area (TPSA) is 83.1 Å². The van der Waals surface area contributed by atoms with Crippen molar-refractivity contribution in [2.45, 2.75) is 6.92 Å². The van der Waals surface area contributed by atoms with Crippen LogP contribution in [0.4, 0.5) is 0 Å². The lowest BCUT2D eigenvalue weighted by Crippen LogP contribution is -2.13. The van der Waals surface area contributed by atoms with Gasteiger partial charge < -0.3 is 10.1 Å². The van der Waals surface area contributed by atoms with Crippen molar-refractivity contribution in [1.82, 2.24) is 9.97 Å². The highest BCUT2D eigenvalue weighted by atomic mass is 16.4. The fraction of sp³-hybridized carbons (Fsp3) is 0.100. The summed E-state index contributed by atoms with van der Waals surface area (Å²) in [4.78, 5) is 28.9. The molecule has 2 N–H and O–H groups in total. The molecule has 0 saturated carbocycles. The van der Waals surface area contributed by atoms with Gasteiger partial charge in [0, 0.05) is 0 Å². The number of aromatic amines is 1. The number of imidazole rings is 1. The Kier molecular flexibility index (Phi) is 2.00. The Hall–Kier alpha value is -2.17. The van der Waals surface area contributed by atoms with Crippen LogP contribution in [0.3, 0.4) is 0 Å². The first-order valence-corrected chi connectivity index (χ1v) is 4.32. The summed E-state index contributed by atoms with van der Waals surface area (Å²) < 4.78 is 0. The molecule has 0 aliphatic carbocycles. The fourth-order valence-electron chi connectivity index (χ4n) is 1.45. The molecule has 1 aromatic carbocycles. The summed E-state index contributed by atoms with van der Waals surface area (Å²) in [6.45, 7) is 1.75. The van der Waals surface area contributed by atoms with Gasteiger partial charge in [-0.3, -0.25) is 4.79 Å². The van der Waals surface area contributed by atoms with Crippen LogP contribution < -0.4 is 0 Å². The number of carbonyl (C=O) groups is 2. The standard InChI is InChI=1S/C10H8N2O3/c1-5-11-7-4-2-3-6(8(7)12-5)9(13)10(14)15/h2-4H,1H3,(H,11,12)(H,14,15). The van der Waals surface area contributed by atoms with Gasteiger partial charge in [0.15, 0.2) is 0 Å². The second-order valence-electron chi connectivity index (χ2n) is 3.16. The van der Waals surface area contributed by atoms with E-state index in [-0.39, 0.29) is 5.56 Å². The van der Waals surface area contributed by atoms with Crippen LogP contribution in [0, 0.1) is 6.92 Å². The largest absolute Gasteiger partial charge is 0.475 e. The van der Waals surface area contributed by atoms with E-state index in [2.05, 4.69) is 9.97 Å². The molecule has 0 amide bonds. The number of carboxylic acid groups (broad SMARTS) is 1. The zero-order chi connectivity index (χ0) is 11.0. The molecule has 0 spiro atoms. The maximum atomic E-state index is 11.3. The summed E-state index contributed by atoms with van der Waals surface area (Å²) in [7, 11) is 0. The van der Waals surface area contributed by atoms with Crippen molar-refractivity contribution in [2.24, 2.45) is 0 Å². The van der Waals surface area contributed by atoms with E-state index in [1.165, 1.54) is 6.07 Å². The van der Waals surface area contributed by atoms with Crippen LogP contribution in [-0.4, -0.2) is 26.8 Å². The van der Waals surface area contributed by atoms with Gasteiger partial charge in [0.05, 0.1) is 16.6 Å². The first kappa shape index (κ1) is 9.39. The Bertz CT molecular complexity index is 557. The Morgan fingerprint density at radius 1 is 1.40 bits per heavy atom. The van der Waals surface area contributed by atoms with Gasteiger partial charge in [-0.25, -0.2) is 9.78 Å². The lowest BCUT2D eigenvalue weighted by atomic mass is 10.1. The number of benzene rings is 1. The number of carbonyl (C=O) groups excluding carboxylic acids is 1. The molecule has 0 aliphatic rings. The monoisotopic (exact) mass is 204 g/mol. The van der Waals surface area contributed by atoms with E-state index in [1.807, 2.05) is 0 Å². The molecule has 0 fully saturated rings. The van der Waals surface area contributed by atoms with Crippen LogP contribution in [0.5, 0.6) is 0 Å². The van der Waals surface area contributed by atoms with Crippen LogP contribution in [0.15, 0.2) is 18.2 Å². The molecule has 2 rings (SSSR count). The molecular formula is C10H8N2O3. The number of fused-ring (bicyclic) bond motifs is 1. The van der Waals surface area contributed by atoms with Crippen molar-refractivity contribution in [3.63, 3.8) is 0 Å². The van der Waals surface area contributed by atoms with Gasteiger partial charge in [-0.15, -0.1) is 0 Å². The van der Waals surface area contributed by atoms with Crippen LogP contribution in [0.1, 0.15) is 16.2 Å². The highest BCUT2D eigenvalue weighted by molar-refractivity contribution is 6.41. The average molecular weight is 204 g/mol. The third kappa shape index (κ3) is 1.48. The maximum absolute atomic E-state index is 11.3. The highest BCUT2D eigenvalue weighted by Crippen LogP contribution is 2.16. The van der Waals surface area contributed by atoms with Crippen LogP contribution in [0.2, 0.25) is 0 Å². The summed E-state index contributed by atoms with van der Waals surface area (Å²) in [5.41, 5.74) is 1.19. The van der Waals surface area contributed by atoms with Gasteiger partial charge in [-0.2, -0.15) is 0 Å². The fourth-order valence-corrected chi connectivity index (χ4v) is 1.45. The predicted molar refractivity (Wildman–Crippen MR) is 52.8 cm³/mol. The molecule has 1 heterocycles. The quantitative estimate of drug-likeness (QED) is 0.567. The molecule has 5 nitrogen and oxygen atoms in total. The molecule has 0 radical (unpaired) electrons. The number of aryl methyl sites for hydroxylation is 1. The van der Waals surface area contributed by atoms with E-state index < -0.39 is 11.8 Å². The average Bonchev–Trinajstić information content (AvgIpc) is 2.56. The molecule has 0 saturated heterocycles. The number of rotatable bonds is 2. The summed E-state index contributed by atoms with van der Waals surface area (Å²) in [5.74, 6) is -1.76. The Balaban J connectivity index is 2.70. The zero-order valence-corrected chi connectivity index (χ0v) is 7.94. The number of hydrogen-bond acceptors (Lipinski definition) is 3. The predicted octanol–water partition coefficient (Wildman–Crippen LogP) is 1.14. The second-order valence-corrected chi connectivity index (χ2v) is 3.16. The van der Waals surface area contributed by atoms with E-state index in [0.717, 1.165) is 0 Å². The molecule has 0 aliphatic heterocycles. The maximum Gasteiger partial charge on any atom is 0.377 e. The van der Waals surface area contributed by atoms with Crippen molar-refractivity contribution in [2.75, 3.05) is 0 Å². The Morgan fingerprint density at radius 2 is 2.13 bits per heavy atom. The van der Waals surface area contributed by atoms with Gasteiger partial charge in [0.25, 0.3) is 5.78 Å². The minimum Gasteiger partial charge on any atom is -0.475 e. The highest BCUT2D eigenvalue weighted by Gasteiger charge is 2.18. The summed E-state index contributed by atoms with van der Waals surface area (Å²) in [6.07, 6.45) is 0. The van der Waals surface area contributed by atoms with E-state index in [0.29, 0.717) is 16.9 Å². The lowest BCUT2D eigenvalue weighted by Gasteiger charge is -1.96. The van der Waals surface area contributed by atoms with Gasteiger partial charge in [-0.1, -0.05) is 6.07 Å². The number of nitrogens with zero attached hydrogens (tertiary/aromatic N) is 1. The number of carboxylic acids is 1. The number of hydrogen-bond donors (Lipinski definition) is 2. The minimum absolute atomic E-state index is 0.115. The molecule has 1 aromatic heterocycles.